The Morgan fingerprint density at radius 1 is 0.912 bits per heavy atom. The van der Waals surface area contributed by atoms with Crippen molar-refractivity contribution in [3.63, 3.8) is 0 Å². The van der Waals surface area contributed by atoms with Crippen LogP contribution in [0.4, 0.5) is 14.9 Å². The Kier molecular flexibility index (Phi) is 6.68. The van der Waals surface area contributed by atoms with E-state index in [-0.39, 0.29) is 24.8 Å². The number of nitrogens with one attached hydrogen (secondary N) is 1. The molecule has 34 heavy (non-hydrogen) atoms. The van der Waals surface area contributed by atoms with Gasteiger partial charge in [0.25, 0.3) is 0 Å². The molecule has 0 bridgehead atoms. The first kappa shape index (κ1) is 23.5. The van der Waals surface area contributed by atoms with Gasteiger partial charge in [-0.2, -0.15) is 0 Å². The molecule has 2 atom stereocenters. The third-order valence-electron chi connectivity index (χ3n) is 5.85. The summed E-state index contributed by atoms with van der Waals surface area (Å²) in [5, 5.41) is 2.98. The van der Waals surface area contributed by atoms with Crippen LogP contribution in [0.3, 0.4) is 0 Å². The van der Waals surface area contributed by atoms with Crippen molar-refractivity contribution in [2.24, 2.45) is 5.92 Å². The van der Waals surface area contributed by atoms with Gasteiger partial charge in [0.2, 0.25) is 5.91 Å². The van der Waals surface area contributed by atoms with Crippen LogP contribution >= 0.6 is 0 Å². The molecule has 0 radical (unpaired) electrons. The summed E-state index contributed by atoms with van der Waals surface area (Å²) in [7, 11) is 0. The van der Waals surface area contributed by atoms with Crippen LogP contribution in [0.5, 0.6) is 0 Å². The lowest BCUT2D eigenvalue weighted by Gasteiger charge is -2.24. The zero-order valence-corrected chi connectivity index (χ0v) is 19.6. The first-order chi connectivity index (χ1) is 16.2. The lowest BCUT2D eigenvalue weighted by molar-refractivity contribution is -0.119. The number of anilines is 1. The van der Waals surface area contributed by atoms with Gasteiger partial charge in [-0.1, -0.05) is 60.7 Å². The molecule has 1 heterocycles. The van der Waals surface area contributed by atoms with Crippen LogP contribution in [-0.2, 0) is 9.53 Å². The number of hydrogen-bond acceptors (Lipinski definition) is 3. The Morgan fingerprint density at radius 2 is 1.59 bits per heavy atom. The van der Waals surface area contributed by atoms with Crippen LogP contribution in [-0.4, -0.2) is 35.6 Å². The maximum atomic E-state index is 14.7. The fraction of sp³-hybridized carbons (Fsp3) is 0.286. The van der Waals surface area contributed by atoms with Crippen molar-refractivity contribution in [1.29, 1.82) is 0 Å². The lowest BCUT2D eigenvalue weighted by atomic mass is 9.88. The highest BCUT2D eigenvalue weighted by Gasteiger charge is 2.42. The highest BCUT2D eigenvalue weighted by atomic mass is 19.1. The second-order valence-electron chi connectivity index (χ2n) is 9.56. The molecule has 0 spiro atoms. The van der Waals surface area contributed by atoms with E-state index >= 15 is 0 Å². The third kappa shape index (κ3) is 5.45. The fourth-order valence-corrected chi connectivity index (χ4v) is 4.28. The van der Waals surface area contributed by atoms with E-state index in [1.54, 1.807) is 39.0 Å². The molecule has 1 fully saturated rings. The van der Waals surface area contributed by atoms with Crippen molar-refractivity contribution in [2.45, 2.75) is 32.3 Å². The summed E-state index contributed by atoms with van der Waals surface area (Å²) < 4.78 is 20.2. The number of rotatable bonds is 4. The Hall–Kier alpha value is -3.67. The number of ether oxygens (including phenoxy) is 1. The normalized spacial score (nSPS) is 17.9. The minimum absolute atomic E-state index is 0.151. The van der Waals surface area contributed by atoms with Gasteiger partial charge >= 0.3 is 6.09 Å². The largest absolute Gasteiger partial charge is 0.444 e. The van der Waals surface area contributed by atoms with Crippen LogP contribution in [0, 0.1) is 11.7 Å². The van der Waals surface area contributed by atoms with Crippen molar-refractivity contribution >= 4 is 17.7 Å². The molecule has 3 aromatic carbocycles. The molecule has 2 amide bonds. The van der Waals surface area contributed by atoms with Crippen molar-refractivity contribution in [2.75, 3.05) is 18.4 Å². The highest BCUT2D eigenvalue weighted by Crippen LogP contribution is 2.36. The molecule has 1 aliphatic rings. The van der Waals surface area contributed by atoms with Gasteiger partial charge in [0.15, 0.2) is 0 Å². The van der Waals surface area contributed by atoms with Crippen molar-refractivity contribution in [3.05, 3.63) is 90.2 Å². The average molecular weight is 461 g/mol. The zero-order valence-electron chi connectivity index (χ0n) is 19.6. The number of amides is 2. The predicted octanol–water partition coefficient (Wildman–Crippen LogP) is 6.08. The van der Waals surface area contributed by atoms with E-state index in [0.717, 1.165) is 11.1 Å². The molecule has 0 aromatic heterocycles. The second-order valence-corrected chi connectivity index (χ2v) is 9.56. The quantitative estimate of drug-likeness (QED) is 0.513. The van der Waals surface area contributed by atoms with E-state index in [1.807, 2.05) is 54.6 Å². The van der Waals surface area contributed by atoms with Crippen LogP contribution in [0.1, 0.15) is 32.3 Å². The molecule has 3 aromatic rings. The van der Waals surface area contributed by atoms with Crippen LogP contribution in [0.15, 0.2) is 78.9 Å². The first-order valence-electron chi connectivity index (χ1n) is 11.4. The zero-order chi connectivity index (χ0) is 24.3. The van der Waals surface area contributed by atoms with E-state index in [9.17, 15) is 14.0 Å². The monoisotopic (exact) mass is 460 g/mol. The molecular weight excluding hydrogens is 431 g/mol. The van der Waals surface area contributed by atoms with E-state index in [1.165, 1.54) is 11.0 Å². The summed E-state index contributed by atoms with van der Waals surface area (Å²) >= 11 is 0. The first-order valence-corrected chi connectivity index (χ1v) is 11.4. The predicted molar refractivity (Wildman–Crippen MR) is 131 cm³/mol. The topological polar surface area (TPSA) is 58.6 Å². The van der Waals surface area contributed by atoms with Gasteiger partial charge < -0.3 is 15.0 Å². The van der Waals surface area contributed by atoms with Gasteiger partial charge in [-0.25, -0.2) is 9.18 Å². The Balaban J connectivity index is 1.58. The van der Waals surface area contributed by atoms with Gasteiger partial charge in [-0.15, -0.1) is 0 Å². The summed E-state index contributed by atoms with van der Waals surface area (Å²) in [4.78, 5) is 27.6. The number of carbonyl (C=O) groups is 2. The molecule has 6 heteroatoms. The number of benzene rings is 3. The molecule has 1 saturated heterocycles. The molecule has 0 saturated carbocycles. The number of likely N-dealkylation sites (tertiary alicyclic amines) is 1. The molecule has 2 unspecified atom stereocenters. The van der Waals surface area contributed by atoms with E-state index in [2.05, 4.69) is 5.32 Å². The number of carbonyl (C=O) groups excluding carboxylic acids is 2. The smallest absolute Gasteiger partial charge is 0.410 e. The maximum absolute atomic E-state index is 14.7. The maximum Gasteiger partial charge on any atom is 0.410 e. The van der Waals surface area contributed by atoms with Crippen molar-refractivity contribution < 1.29 is 18.7 Å². The van der Waals surface area contributed by atoms with E-state index < -0.39 is 23.5 Å². The van der Waals surface area contributed by atoms with Crippen molar-refractivity contribution in [3.8, 4) is 11.1 Å². The molecular formula is C28H29FN2O3. The fourth-order valence-electron chi connectivity index (χ4n) is 4.28. The van der Waals surface area contributed by atoms with Gasteiger partial charge in [0.1, 0.15) is 11.4 Å². The Bertz CT molecular complexity index is 1170. The summed E-state index contributed by atoms with van der Waals surface area (Å²) in [5.74, 6) is -1.75. The Labute approximate surface area is 199 Å². The third-order valence-corrected chi connectivity index (χ3v) is 5.85. The molecule has 4 rings (SSSR count). The minimum atomic E-state index is -0.664. The van der Waals surface area contributed by atoms with Gasteiger partial charge in [-0.05, 0) is 55.7 Å². The highest BCUT2D eigenvalue weighted by molar-refractivity contribution is 5.94. The van der Waals surface area contributed by atoms with Crippen molar-refractivity contribution in [1.82, 2.24) is 4.90 Å². The second kappa shape index (κ2) is 9.67. The molecule has 1 aliphatic heterocycles. The Morgan fingerprint density at radius 3 is 2.29 bits per heavy atom. The van der Waals surface area contributed by atoms with E-state index in [4.69, 9.17) is 4.74 Å². The van der Waals surface area contributed by atoms with E-state index in [0.29, 0.717) is 11.3 Å². The van der Waals surface area contributed by atoms with Gasteiger partial charge in [-0.3, -0.25) is 4.79 Å². The van der Waals surface area contributed by atoms with Gasteiger partial charge in [0, 0.05) is 24.7 Å². The number of nitrogens with zero attached hydrogens (tertiary/aromatic N) is 1. The minimum Gasteiger partial charge on any atom is -0.444 e. The average Bonchev–Trinajstić information content (AvgIpc) is 3.25. The van der Waals surface area contributed by atoms with Crippen LogP contribution in [0.2, 0.25) is 0 Å². The molecule has 5 nitrogen and oxygen atoms in total. The standard InChI is InChI=1S/C28H29FN2O3/c1-28(2,3)34-27(33)31-17-23(22-14-7-8-15-25(22)29)24(18-31)26(32)30-21-13-9-12-20(16-21)19-10-5-4-6-11-19/h4-16,23-24H,17-18H2,1-3H3,(H,30,32). The van der Waals surface area contributed by atoms with Crippen LogP contribution in [0.25, 0.3) is 11.1 Å². The summed E-state index contributed by atoms with van der Waals surface area (Å²) in [6.07, 6.45) is -0.504. The lowest BCUT2D eigenvalue weighted by Crippen LogP contribution is -2.36. The molecule has 176 valence electrons. The van der Waals surface area contributed by atoms with Gasteiger partial charge in [0.05, 0.1) is 5.92 Å². The SMILES string of the molecule is CC(C)(C)OC(=O)N1CC(C(=O)Nc2cccc(-c3ccccc3)c2)C(c2ccccc2F)C1. The molecule has 0 aliphatic carbocycles. The summed E-state index contributed by atoms with van der Waals surface area (Å²) in [6, 6.07) is 23.9. The number of hydrogen-bond donors (Lipinski definition) is 1. The summed E-state index contributed by atoms with van der Waals surface area (Å²) in [5.41, 5.74) is 2.43. The molecule has 1 N–H and O–H groups in total. The number of halogens is 1. The summed E-state index contributed by atoms with van der Waals surface area (Å²) in [6.45, 7) is 5.73. The van der Waals surface area contributed by atoms with Crippen LogP contribution < -0.4 is 5.32 Å².